The normalized spacial score (nSPS) is 14.3. The van der Waals surface area contributed by atoms with Crippen LogP contribution in [0.1, 0.15) is 49.7 Å². The highest BCUT2D eigenvalue weighted by atomic mass is 79.9. The summed E-state index contributed by atoms with van der Waals surface area (Å²) in [7, 11) is 0. The summed E-state index contributed by atoms with van der Waals surface area (Å²) in [6, 6.07) is 13.6. The molecule has 2 aromatic carbocycles. The van der Waals surface area contributed by atoms with Crippen molar-refractivity contribution < 1.29 is 0 Å². The van der Waals surface area contributed by atoms with Gasteiger partial charge >= 0.3 is 0 Å². The lowest BCUT2D eigenvalue weighted by molar-refractivity contribution is 0.421. The second-order valence-corrected chi connectivity index (χ2v) is 9.41. The van der Waals surface area contributed by atoms with Crippen molar-refractivity contribution in [2.24, 2.45) is 0 Å². The Bertz CT molecular complexity index is 856. The summed E-state index contributed by atoms with van der Waals surface area (Å²) in [5.74, 6) is 0. The van der Waals surface area contributed by atoms with Crippen LogP contribution in [-0.4, -0.2) is 0 Å². The molecule has 0 saturated carbocycles. The number of allylic oxidation sites excluding steroid dienone is 6. The van der Waals surface area contributed by atoms with E-state index in [0.717, 1.165) is 47.5 Å². The number of hydrogen-bond acceptors (Lipinski definition) is 0. The van der Waals surface area contributed by atoms with Crippen molar-refractivity contribution in [3.63, 3.8) is 0 Å². The van der Waals surface area contributed by atoms with Gasteiger partial charge in [-0.05, 0) is 85.0 Å². The highest BCUT2D eigenvalue weighted by Crippen LogP contribution is 2.55. The number of fused-ring (bicyclic) bond motifs is 3. The van der Waals surface area contributed by atoms with E-state index in [4.69, 9.17) is 0 Å². The fourth-order valence-electron chi connectivity index (χ4n) is 4.53. The van der Waals surface area contributed by atoms with E-state index in [1.54, 1.807) is 0 Å². The molecule has 2 heteroatoms. The van der Waals surface area contributed by atoms with Crippen LogP contribution in [0.4, 0.5) is 0 Å². The molecule has 0 N–H and O–H groups in total. The highest BCUT2D eigenvalue weighted by Gasteiger charge is 2.42. The maximum Gasteiger partial charge on any atom is 0.0216 e. The molecule has 3 rings (SSSR count). The van der Waals surface area contributed by atoms with Gasteiger partial charge in [-0.25, -0.2) is 0 Å². The lowest BCUT2D eigenvalue weighted by atomic mass is 9.71. The van der Waals surface area contributed by atoms with Crippen LogP contribution in [0.25, 0.3) is 11.1 Å². The standard InChI is InChI=1S/C27H28Br2/c1-3-5-7-9-11-17-27(18-12-10-8-6-4-2)25-19-21(28)13-15-23(25)24-16-14-22(29)20-26(24)27/h3-8,13-16,19-20H,1-2,9-12,17-18H2/b7-5+,8-6+. The van der Waals surface area contributed by atoms with Gasteiger partial charge in [0.25, 0.3) is 0 Å². The molecule has 0 unspecified atom stereocenters. The van der Waals surface area contributed by atoms with E-state index >= 15 is 0 Å². The SMILES string of the molecule is C=C/C=C/CCCC1(CCC/C=C/C=C)c2cc(Br)ccc2-c2ccc(Br)cc21. The average molecular weight is 512 g/mol. The molecule has 0 radical (unpaired) electrons. The number of unbranched alkanes of at least 4 members (excludes halogenated alkanes) is 2. The fourth-order valence-corrected chi connectivity index (χ4v) is 5.25. The molecular formula is C27H28Br2. The molecule has 1 aliphatic carbocycles. The Hall–Kier alpha value is -1.64. The predicted molar refractivity (Wildman–Crippen MR) is 134 cm³/mol. The van der Waals surface area contributed by atoms with E-state index in [0.29, 0.717) is 0 Å². The number of halogens is 2. The molecule has 0 fully saturated rings. The highest BCUT2D eigenvalue weighted by molar-refractivity contribution is 9.10. The third kappa shape index (κ3) is 4.92. The summed E-state index contributed by atoms with van der Waals surface area (Å²) < 4.78 is 2.32. The van der Waals surface area contributed by atoms with Gasteiger partial charge in [0.05, 0.1) is 0 Å². The summed E-state index contributed by atoms with van der Waals surface area (Å²) in [4.78, 5) is 0. The number of rotatable bonds is 10. The fraction of sp³-hybridized carbons (Fsp3) is 0.259. The van der Waals surface area contributed by atoms with E-state index in [2.05, 4.69) is 106 Å². The van der Waals surface area contributed by atoms with Crippen LogP contribution in [0.3, 0.4) is 0 Å². The first-order valence-electron chi connectivity index (χ1n) is 10.3. The van der Waals surface area contributed by atoms with Gasteiger partial charge in [0.2, 0.25) is 0 Å². The minimum Gasteiger partial charge on any atom is -0.0991 e. The number of hydrogen-bond donors (Lipinski definition) is 0. The Morgan fingerprint density at radius 2 is 1.17 bits per heavy atom. The second-order valence-electron chi connectivity index (χ2n) is 7.57. The molecule has 0 saturated heterocycles. The molecule has 29 heavy (non-hydrogen) atoms. The van der Waals surface area contributed by atoms with Crippen molar-refractivity contribution in [1.29, 1.82) is 0 Å². The topological polar surface area (TPSA) is 0 Å². The van der Waals surface area contributed by atoms with Gasteiger partial charge in [0.15, 0.2) is 0 Å². The van der Waals surface area contributed by atoms with Crippen LogP contribution in [0.2, 0.25) is 0 Å². The summed E-state index contributed by atoms with van der Waals surface area (Å²) in [6.07, 6.45) is 19.0. The smallest absolute Gasteiger partial charge is 0.0216 e. The van der Waals surface area contributed by atoms with Crippen LogP contribution in [0.15, 0.2) is 95.0 Å². The molecule has 0 aromatic heterocycles. The molecular weight excluding hydrogens is 484 g/mol. The molecule has 0 aliphatic heterocycles. The quantitative estimate of drug-likeness (QED) is 0.220. The van der Waals surface area contributed by atoms with E-state index in [9.17, 15) is 0 Å². The molecule has 1 aliphatic rings. The molecule has 0 heterocycles. The van der Waals surface area contributed by atoms with E-state index in [1.807, 2.05) is 12.2 Å². The zero-order valence-electron chi connectivity index (χ0n) is 16.8. The largest absolute Gasteiger partial charge is 0.0991 e. The molecule has 0 spiro atoms. The summed E-state index contributed by atoms with van der Waals surface area (Å²) in [6.45, 7) is 7.57. The Morgan fingerprint density at radius 1 is 0.724 bits per heavy atom. The van der Waals surface area contributed by atoms with Gasteiger partial charge in [-0.2, -0.15) is 0 Å². The molecule has 0 bridgehead atoms. The zero-order chi connectivity index (χ0) is 20.7. The number of benzene rings is 2. The lowest BCUT2D eigenvalue weighted by Crippen LogP contribution is -2.25. The van der Waals surface area contributed by atoms with E-state index in [1.165, 1.54) is 22.3 Å². The first-order chi connectivity index (χ1) is 14.1. The van der Waals surface area contributed by atoms with E-state index < -0.39 is 0 Å². The van der Waals surface area contributed by atoms with Gasteiger partial charge in [-0.15, -0.1) is 0 Å². The molecule has 150 valence electrons. The van der Waals surface area contributed by atoms with Crippen molar-refractivity contribution in [2.45, 2.75) is 43.9 Å². The molecule has 2 aromatic rings. The summed E-state index contributed by atoms with van der Waals surface area (Å²) in [5.41, 5.74) is 5.78. The van der Waals surface area contributed by atoms with Crippen molar-refractivity contribution in [3.8, 4) is 11.1 Å². The van der Waals surface area contributed by atoms with Gasteiger partial charge < -0.3 is 0 Å². The maximum atomic E-state index is 3.78. The van der Waals surface area contributed by atoms with Gasteiger partial charge in [0.1, 0.15) is 0 Å². The Labute approximate surface area is 192 Å². The Kier molecular flexibility index (Phi) is 7.91. The first-order valence-corrected chi connectivity index (χ1v) is 11.9. The third-order valence-electron chi connectivity index (χ3n) is 5.78. The van der Waals surface area contributed by atoms with Crippen LogP contribution in [-0.2, 0) is 5.41 Å². The van der Waals surface area contributed by atoms with Crippen LogP contribution < -0.4 is 0 Å². The monoisotopic (exact) mass is 510 g/mol. The minimum absolute atomic E-state index is 0.0578. The minimum atomic E-state index is 0.0578. The van der Waals surface area contributed by atoms with Crippen LogP contribution in [0, 0.1) is 0 Å². The van der Waals surface area contributed by atoms with Crippen molar-refractivity contribution in [2.75, 3.05) is 0 Å². The lowest BCUT2D eigenvalue weighted by Gasteiger charge is -2.33. The van der Waals surface area contributed by atoms with Crippen molar-refractivity contribution in [1.82, 2.24) is 0 Å². The van der Waals surface area contributed by atoms with Gasteiger partial charge in [0, 0.05) is 14.4 Å². The predicted octanol–water partition coefficient (Wildman–Crippen LogP) is 9.30. The summed E-state index contributed by atoms with van der Waals surface area (Å²) >= 11 is 7.45. The van der Waals surface area contributed by atoms with Gasteiger partial charge in [-0.1, -0.05) is 93.6 Å². The van der Waals surface area contributed by atoms with E-state index in [-0.39, 0.29) is 5.41 Å². The van der Waals surface area contributed by atoms with Crippen LogP contribution in [0.5, 0.6) is 0 Å². The van der Waals surface area contributed by atoms with Crippen LogP contribution >= 0.6 is 31.9 Å². The van der Waals surface area contributed by atoms with Crippen molar-refractivity contribution in [3.05, 3.63) is 106 Å². The average Bonchev–Trinajstić information content (AvgIpc) is 2.96. The maximum absolute atomic E-state index is 3.78. The Morgan fingerprint density at radius 3 is 1.59 bits per heavy atom. The molecule has 0 amide bonds. The van der Waals surface area contributed by atoms with Gasteiger partial charge in [-0.3, -0.25) is 0 Å². The third-order valence-corrected chi connectivity index (χ3v) is 6.76. The molecule has 0 atom stereocenters. The Balaban J connectivity index is 2.02. The summed E-state index contributed by atoms with van der Waals surface area (Å²) in [5, 5.41) is 0. The zero-order valence-corrected chi connectivity index (χ0v) is 20.0. The van der Waals surface area contributed by atoms with Crippen molar-refractivity contribution >= 4 is 31.9 Å². The second kappa shape index (κ2) is 10.4. The molecule has 0 nitrogen and oxygen atoms in total. The first kappa shape index (κ1) is 22.1.